The molecule has 0 spiro atoms. The van der Waals surface area contributed by atoms with Crippen molar-refractivity contribution >= 4 is 0 Å². The average molecular weight is 272 g/mol. The van der Waals surface area contributed by atoms with E-state index in [9.17, 15) is 0 Å². The quantitative estimate of drug-likeness (QED) is 0.630. The van der Waals surface area contributed by atoms with Crippen molar-refractivity contribution in [2.75, 3.05) is 59.1 Å². The van der Waals surface area contributed by atoms with E-state index in [0.29, 0.717) is 0 Å². The van der Waals surface area contributed by atoms with Crippen molar-refractivity contribution in [3.8, 4) is 0 Å². The first-order chi connectivity index (χ1) is 9.01. The molecule has 0 bridgehead atoms. The van der Waals surface area contributed by atoms with Crippen molar-refractivity contribution in [3.05, 3.63) is 0 Å². The predicted molar refractivity (Wildman–Crippen MR) is 79.7 cm³/mol. The molecule has 0 aromatic carbocycles. The van der Waals surface area contributed by atoms with Gasteiger partial charge < -0.3 is 9.47 Å². The van der Waals surface area contributed by atoms with E-state index in [1.54, 1.807) is 0 Å². The Bertz CT molecular complexity index is 221. The first-order valence-corrected chi connectivity index (χ1v) is 7.67. The zero-order valence-electron chi connectivity index (χ0n) is 13.3. The fourth-order valence-corrected chi connectivity index (χ4v) is 2.16. The maximum absolute atomic E-state index is 5.78. The van der Waals surface area contributed by atoms with Crippen LogP contribution in [0.25, 0.3) is 0 Å². The topological polar surface area (TPSA) is 24.9 Å². The summed E-state index contributed by atoms with van der Waals surface area (Å²) in [6.07, 6.45) is 1.11. The lowest BCUT2D eigenvalue weighted by Gasteiger charge is -2.35. The highest BCUT2D eigenvalue weighted by Gasteiger charge is 2.17. The number of hydrogen-bond donors (Lipinski definition) is 0. The highest BCUT2D eigenvalue weighted by Crippen LogP contribution is 2.07. The van der Waals surface area contributed by atoms with Gasteiger partial charge in [-0.3, -0.25) is 9.80 Å². The van der Waals surface area contributed by atoms with E-state index in [-0.39, 0.29) is 5.60 Å². The monoisotopic (exact) mass is 272 g/mol. The molecule has 1 aliphatic heterocycles. The number of ether oxygens (including phenoxy) is 2. The fraction of sp³-hybridized carbons (Fsp3) is 1.00. The van der Waals surface area contributed by atoms with Gasteiger partial charge in [-0.25, -0.2) is 0 Å². The van der Waals surface area contributed by atoms with Crippen molar-refractivity contribution in [1.29, 1.82) is 0 Å². The first-order valence-electron chi connectivity index (χ1n) is 7.67. The molecule has 0 radical (unpaired) electrons. The Morgan fingerprint density at radius 3 is 1.84 bits per heavy atom. The highest BCUT2D eigenvalue weighted by atomic mass is 16.5. The minimum absolute atomic E-state index is 0.0154. The van der Waals surface area contributed by atoms with Gasteiger partial charge in [-0.15, -0.1) is 0 Å². The zero-order valence-corrected chi connectivity index (χ0v) is 13.3. The Labute approximate surface area is 119 Å². The maximum Gasteiger partial charge on any atom is 0.0600 e. The molecule has 1 saturated heterocycles. The predicted octanol–water partition coefficient (Wildman–Crippen LogP) is 1.85. The number of nitrogens with zero attached hydrogens (tertiary/aromatic N) is 2. The van der Waals surface area contributed by atoms with Gasteiger partial charge in [0.1, 0.15) is 0 Å². The second-order valence-electron chi connectivity index (χ2n) is 6.26. The maximum atomic E-state index is 5.78. The third kappa shape index (κ3) is 8.58. The van der Waals surface area contributed by atoms with Crippen LogP contribution in [-0.2, 0) is 9.47 Å². The van der Waals surface area contributed by atoms with Crippen molar-refractivity contribution in [2.45, 2.75) is 39.7 Å². The Balaban J connectivity index is 2.02. The van der Waals surface area contributed by atoms with Crippen LogP contribution in [-0.4, -0.2) is 74.5 Å². The van der Waals surface area contributed by atoms with Crippen LogP contribution in [0.4, 0.5) is 0 Å². The molecule has 4 nitrogen and oxygen atoms in total. The van der Waals surface area contributed by atoms with E-state index in [1.165, 1.54) is 0 Å². The molecule has 0 aromatic heterocycles. The van der Waals surface area contributed by atoms with E-state index in [4.69, 9.17) is 9.47 Å². The van der Waals surface area contributed by atoms with Crippen LogP contribution in [0.1, 0.15) is 34.1 Å². The lowest BCUT2D eigenvalue weighted by atomic mass is 10.2. The standard InChI is InChI=1S/C15H32N2O2/c1-5-12-18-13-10-16-6-8-17(9-7-16)11-14-19-15(2,3)4/h5-14H2,1-4H3. The lowest BCUT2D eigenvalue weighted by Crippen LogP contribution is -2.48. The molecule has 0 aliphatic carbocycles. The number of rotatable bonds is 8. The van der Waals surface area contributed by atoms with Gasteiger partial charge in [0.05, 0.1) is 18.8 Å². The number of piperazine rings is 1. The normalized spacial score (nSPS) is 18.9. The van der Waals surface area contributed by atoms with E-state index in [1.807, 2.05) is 0 Å². The molecule has 0 N–H and O–H groups in total. The summed E-state index contributed by atoms with van der Waals surface area (Å²) in [5.74, 6) is 0. The average Bonchev–Trinajstić information content (AvgIpc) is 2.35. The summed E-state index contributed by atoms with van der Waals surface area (Å²) >= 11 is 0. The molecule has 19 heavy (non-hydrogen) atoms. The van der Waals surface area contributed by atoms with Crippen LogP contribution in [0.15, 0.2) is 0 Å². The molecule has 1 fully saturated rings. The summed E-state index contributed by atoms with van der Waals surface area (Å²) in [6.45, 7) is 17.8. The van der Waals surface area contributed by atoms with Gasteiger partial charge in [-0.1, -0.05) is 6.92 Å². The second kappa shape index (κ2) is 8.90. The highest BCUT2D eigenvalue weighted by molar-refractivity contribution is 4.72. The molecule has 0 atom stereocenters. The van der Waals surface area contributed by atoms with Gasteiger partial charge in [0.15, 0.2) is 0 Å². The minimum Gasteiger partial charge on any atom is -0.380 e. The molecule has 1 rings (SSSR count). The SMILES string of the molecule is CCCOCCN1CCN(CCOC(C)(C)C)CC1. The van der Waals surface area contributed by atoms with Gasteiger partial charge in [0.25, 0.3) is 0 Å². The van der Waals surface area contributed by atoms with E-state index in [2.05, 4.69) is 37.5 Å². The molecule has 0 aromatic rings. The van der Waals surface area contributed by atoms with Gasteiger partial charge >= 0.3 is 0 Å². The third-order valence-corrected chi connectivity index (χ3v) is 3.31. The van der Waals surface area contributed by atoms with Crippen LogP contribution in [0.5, 0.6) is 0 Å². The molecule has 1 heterocycles. The van der Waals surface area contributed by atoms with Crippen LogP contribution >= 0.6 is 0 Å². The van der Waals surface area contributed by atoms with Gasteiger partial charge in [-0.05, 0) is 27.2 Å². The van der Waals surface area contributed by atoms with Crippen molar-refractivity contribution < 1.29 is 9.47 Å². The number of hydrogen-bond acceptors (Lipinski definition) is 4. The van der Waals surface area contributed by atoms with E-state index in [0.717, 1.165) is 65.5 Å². The molecule has 114 valence electrons. The molecular formula is C15H32N2O2. The minimum atomic E-state index is -0.0154. The second-order valence-corrected chi connectivity index (χ2v) is 6.26. The lowest BCUT2D eigenvalue weighted by molar-refractivity contribution is -0.0187. The van der Waals surface area contributed by atoms with Gasteiger partial charge in [0, 0.05) is 45.9 Å². The Morgan fingerprint density at radius 1 is 0.842 bits per heavy atom. The summed E-state index contributed by atoms with van der Waals surface area (Å²) in [6, 6.07) is 0. The first kappa shape index (κ1) is 16.9. The Kier molecular flexibility index (Phi) is 7.91. The summed E-state index contributed by atoms with van der Waals surface area (Å²) < 4.78 is 11.3. The van der Waals surface area contributed by atoms with E-state index < -0.39 is 0 Å². The van der Waals surface area contributed by atoms with E-state index >= 15 is 0 Å². The molecule has 1 aliphatic rings. The summed E-state index contributed by atoms with van der Waals surface area (Å²) in [4.78, 5) is 4.99. The van der Waals surface area contributed by atoms with Gasteiger partial charge in [0.2, 0.25) is 0 Å². The summed E-state index contributed by atoms with van der Waals surface area (Å²) in [7, 11) is 0. The van der Waals surface area contributed by atoms with Crippen LogP contribution < -0.4 is 0 Å². The van der Waals surface area contributed by atoms with Crippen LogP contribution in [0.2, 0.25) is 0 Å². The Hall–Kier alpha value is -0.160. The third-order valence-electron chi connectivity index (χ3n) is 3.31. The van der Waals surface area contributed by atoms with Crippen LogP contribution in [0, 0.1) is 0 Å². The van der Waals surface area contributed by atoms with Crippen molar-refractivity contribution in [1.82, 2.24) is 9.80 Å². The molecular weight excluding hydrogens is 240 g/mol. The van der Waals surface area contributed by atoms with Gasteiger partial charge in [-0.2, -0.15) is 0 Å². The van der Waals surface area contributed by atoms with Crippen molar-refractivity contribution in [3.63, 3.8) is 0 Å². The molecule has 0 amide bonds. The summed E-state index contributed by atoms with van der Waals surface area (Å²) in [5, 5.41) is 0. The molecule has 4 heteroatoms. The zero-order chi connectivity index (χ0) is 14.1. The Morgan fingerprint density at radius 2 is 1.37 bits per heavy atom. The summed E-state index contributed by atoms with van der Waals surface area (Å²) in [5.41, 5.74) is -0.0154. The van der Waals surface area contributed by atoms with Crippen LogP contribution in [0.3, 0.4) is 0 Å². The molecule has 0 saturated carbocycles. The fourth-order valence-electron chi connectivity index (χ4n) is 2.16. The van der Waals surface area contributed by atoms with Crippen molar-refractivity contribution in [2.24, 2.45) is 0 Å². The molecule has 0 unspecified atom stereocenters. The smallest absolute Gasteiger partial charge is 0.0600 e. The largest absolute Gasteiger partial charge is 0.380 e.